The van der Waals surface area contributed by atoms with E-state index in [1.54, 1.807) is 43.4 Å². The van der Waals surface area contributed by atoms with Gasteiger partial charge in [0.25, 0.3) is 0 Å². The molecule has 0 aliphatic heterocycles. The van der Waals surface area contributed by atoms with Crippen molar-refractivity contribution in [3.63, 3.8) is 0 Å². The number of hydrogen-bond acceptors (Lipinski definition) is 8. The fraction of sp³-hybridized carbons (Fsp3) is 0.227. The number of nitrogens with zero attached hydrogens (tertiary/aromatic N) is 6. The molecule has 0 radical (unpaired) electrons. The van der Waals surface area contributed by atoms with Crippen LogP contribution >= 0.6 is 12.8 Å². The number of nitrogens with one attached hydrogen (secondary N) is 1. The van der Waals surface area contributed by atoms with Crippen LogP contribution in [0, 0.1) is 0 Å². The molecule has 0 saturated heterocycles. The van der Waals surface area contributed by atoms with Gasteiger partial charge >= 0.3 is 6.03 Å². The van der Waals surface area contributed by atoms with E-state index in [1.807, 2.05) is 31.3 Å². The van der Waals surface area contributed by atoms with Crippen molar-refractivity contribution in [3.8, 4) is 22.8 Å². The van der Waals surface area contributed by atoms with Gasteiger partial charge < -0.3 is 14.8 Å². The number of ether oxygens (including phenoxy) is 2. The number of benzene rings is 1. The van der Waals surface area contributed by atoms with E-state index < -0.39 is 0 Å². The fourth-order valence-corrected chi connectivity index (χ4v) is 3.38. The number of carbonyl (C=O) groups is 1. The van der Waals surface area contributed by atoms with Crippen LogP contribution in [0.25, 0.3) is 22.4 Å². The van der Waals surface area contributed by atoms with E-state index in [4.69, 9.17) is 9.47 Å². The summed E-state index contributed by atoms with van der Waals surface area (Å²) in [7, 11) is 3.23. The van der Waals surface area contributed by atoms with E-state index in [2.05, 4.69) is 38.2 Å². The Morgan fingerprint density at radius 2 is 1.88 bits per heavy atom. The third kappa shape index (κ3) is 4.98. The standard InChI is InChI=1S/C22H23N7O3S/c1-4-23-22(30)29(33)20-6-5-18-21(27-20)26-19(11-24-18)15-10-25-28(13-15)12-14-7-16(31-2)9-17(8-14)32-3/h5-11,13,33H,4,12H2,1-3H3,(H,23,30). The largest absolute Gasteiger partial charge is 0.497 e. The van der Waals surface area contributed by atoms with Gasteiger partial charge in [0, 0.05) is 24.4 Å². The Kier molecular flexibility index (Phi) is 6.59. The Balaban J connectivity index is 1.59. The molecule has 1 aromatic carbocycles. The molecule has 170 valence electrons. The predicted octanol–water partition coefficient (Wildman–Crippen LogP) is 3.33. The first-order valence-corrected chi connectivity index (χ1v) is 10.6. The molecular formula is C22H23N7O3S. The van der Waals surface area contributed by atoms with Gasteiger partial charge in [0.2, 0.25) is 0 Å². The summed E-state index contributed by atoms with van der Waals surface area (Å²) in [5, 5.41) is 7.12. The van der Waals surface area contributed by atoms with E-state index in [-0.39, 0.29) is 6.03 Å². The van der Waals surface area contributed by atoms with Crippen LogP contribution in [0.15, 0.2) is 48.9 Å². The van der Waals surface area contributed by atoms with Gasteiger partial charge in [-0.25, -0.2) is 19.1 Å². The van der Waals surface area contributed by atoms with Crippen molar-refractivity contribution in [1.82, 2.24) is 30.0 Å². The summed E-state index contributed by atoms with van der Waals surface area (Å²) in [6.07, 6.45) is 5.27. The van der Waals surface area contributed by atoms with Crippen LogP contribution in [0.1, 0.15) is 12.5 Å². The lowest BCUT2D eigenvalue weighted by molar-refractivity contribution is 0.250. The molecule has 33 heavy (non-hydrogen) atoms. The normalized spacial score (nSPS) is 10.8. The minimum atomic E-state index is -0.368. The molecule has 3 aromatic heterocycles. The maximum Gasteiger partial charge on any atom is 0.333 e. The van der Waals surface area contributed by atoms with E-state index in [0.717, 1.165) is 15.4 Å². The van der Waals surface area contributed by atoms with E-state index in [0.29, 0.717) is 47.3 Å². The second kappa shape index (κ2) is 9.74. The number of rotatable bonds is 7. The topological polar surface area (TPSA) is 107 Å². The Morgan fingerprint density at radius 3 is 2.58 bits per heavy atom. The van der Waals surface area contributed by atoms with Gasteiger partial charge in [0.15, 0.2) is 5.65 Å². The summed E-state index contributed by atoms with van der Waals surface area (Å²) in [5.74, 6) is 1.78. The van der Waals surface area contributed by atoms with E-state index in [9.17, 15) is 4.79 Å². The Hall–Kier alpha value is -3.86. The highest BCUT2D eigenvalue weighted by Gasteiger charge is 2.14. The molecular weight excluding hydrogens is 442 g/mol. The monoisotopic (exact) mass is 465 g/mol. The second-order valence-corrected chi connectivity index (χ2v) is 7.46. The van der Waals surface area contributed by atoms with Crippen LogP contribution in [0.3, 0.4) is 0 Å². The number of aromatic nitrogens is 5. The summed E-state index contributed by atoms with van der Waals surface area (Å²) < 4.78 is 13.6. The first kappa shape index (κ1) is 22.3. The molecule has 0 aliphatic rings. The van der Waals surface area contributed by atoms with Crippen LogP contribution in [0.5, 0.6) is 11.5 Å². The molecule has 2 amide bonds. The van der Waals surface area contributed by atoms with Crippen molar-refractivity contribution >= 4 is 35.8 Å². The van der Waals surface area contributed by atoms with Crippen LogP contribution in [-0.4, -0.2) is 51.5 Å². The SMILES string of the molecule is CCNC(=O)N(S)c1ccc2ncc(-c3cnn(Cc4cc(OC)cc(OC)c4)c3)nc2n1. The lowest BCUT2D eigenvalue weighted by atomic mass is 10.2. The van der Waals surface area contributed by atoms with Gasteiger partial charge in [-0.1, -0.05) is 12.8 Å². The third-order valence-corrected chi connectivity index (χ3v) is 5.20. The number of methoxy groups -OCH3 is 2. The molecule has 0 bridgehead atoms. The summed E-state index contributed by atoms with van der Waals surface area (Å²) in [6.45, 7) is 2.84. The molecule has 0 atom stereocenters. The molecule has 0 fully saturated rings. The number of urea groups is 1. The summed E-state index contributed by atoms with van der Waals surface area (Å²) in [6, 6.07) is 8.73. The molecule has 0 unspecified atom stereocenters. The molecule has 3 heterocycles. The molecule has 10 nitrogen and oxygen atoms in total. The molecule has 4 aromatic rings. The lowest BCUT2D eigenvalue weighted by Crippen LogP contribution is -2.34. The second-order valence-electron chi connectivity index (χ2n) is 7.06. The number of carbonyl (C=O) groups excluding carboxylic acids is 1. The van der Waals surface area contributed by atoms with Crippen molar-refractivity contribution < 1.29 is 14.3 Å². The highest BCUT2D eigenvalue weighted by Crippen LogP contribution is 2.24. The average Bonchev–Trinajstić information content (AvgIpc) is 3.31. The highest BCUT2D eigenvalue weighted by molar-refractivity contribution is 7.82. The van der Waals surface area contributed by atoms with E-state index >= 15 is 0 Å². The number of anilines is 1. The zero-order valence-corrected chi connectivity index (χ0v) is 19.3. The molecule has 1 N–H and O–H groups in total. The van der Waals surface area contributed by atoms with Gasteiger partial charge in [-0.15, -0.1) is 0 Å². The van der Waals surface area contributed by atoms with E-state index in [1.165, 1.54) is 0 Å². The van der Waals surface area contributed by atoms with Crippen LogP contribution in [0.2, 0.25) is 0 Å². The van der Waals surface area contributed by atoms with Crippen molar-refractivity contribution in [2.75, 3.05) is 25.1 Å². The molecule has 0 saturated carbocycles. The van der Waals surface area contributed by atoms with Crippen LogP contribution in [-0.2, 0) is 6.54 Å². The maximum absolute atomic E-state index is 12.0. The molecule has 11 heteroatoms. The Labute approximate surface area is 196 Å². The zero-order chi connectivity index (χ0) is 23.4. The predicted molar refractivity (Wildman–Crippen MR) is 128 cm³/mol. The third-order valence-electron chi connectivity index (χ3n) is 4.81. The summed E-state index contributed by atoms with van der Waals surface area (Å²) in [4.78, 5) is 25.5. The van der Waals surface area contributed by atoms with Gasteiger partial charge in [0.05, 0.1) is 38.9 Å². The van der Waals surface area contributed by atoms with Crippen molar-refractivity contribution in [2.24, 2.45) is 0 Å². The lowest BCUT2D eigenvalue weighted by Gasteiger charge is -2.14. The maximum atomic E-state index is 12.0. The fourth-order valence-electron chi connectivity index (χ4n) is 3.20. The smallest absolute Gasteiger partial charge is 0.333 e. The first-order valence-electron chi connectivity index (χ1n) is 10.2. The van der Waals surface area contributed by atoms with Crippen LogP contribution in [0.4, 0.5) is 10.6 Å². The Bertz CT molecular complexity index is 1270. The quantitative estimate of drug-likeness (QED) is 0.403. The molecule has 4 rings (SSSR count). The number of hydrogen-bond donors (Lipinski definition) is 2. The molecule has 0 spiro atoms. The zero-order valence-electron chi connectivity index (χ0n) is 18.4. The highest BCUT2D eigenvalue weighted by atomic mass is 32.1. The molecule has 0 aliphatic carbocycles. The van der Waals surface area contributed by atoms with Gasteiger partial charge in [0.1, 0.15) is 22.8 Å². The summed E-state index contributed by atoms with van der Waals surface area (Å²) in [5.41, 5.74) is 3.40. The van der Waals surface area contributed by atoms with Gasteiger partial charge in [-0.2, -0.15) is 5.10 Å². The average molecular weight is 466 g/mol. The summed E-state index contributed by atoms with van der Waals surface area (Å²) >= 11 is 4.23. The van der Waals surface area contributed by atoms with Gasteiger partial charge in [-0.05, 0) is 36.8 Å². The number of amides is 2. The van der Waals surface area contributed by atoms with Crippen molar-refractivity contribution in [1.29, 1.82) is 0 Å². The van der Waals surface area contributed by atoms with Crippen molar-refractivity contribution in [3.05, 3.63) is 54.5 Å². The minimum absolute atomic E-state index is 0.353. The first-order chi connectivity index (χ1) is 16.0. The number of fused-ring (bicyclic) bond motifs is 1. The number of pyridine rings is 1. The number of thiol groups is 1. The van der Waals surface area contributed by atoms with Crippen molar-refractivity contribution in [2.45, 2.75) is 13.5 Å². The van der Waals surface area contributed by atoms with Gasteiger partial charge in [-0.3, -0.25) is 9.67 Å². The minimum Gasteiger partial charge on any atom is -0.497 e. The Morgan fingerprint density at radius 1 is 1.12 bits per heavy atom. The van der Waals surface area contributed by atoms with Crippen LogP contribution < -0.4 is 19.1 Å².